The van der Waals surface area contributed by atoms with Gasteiger partial charge in [0.1, 0.15) is 12.2 Å². The number of thiol groups is 1. The van der Waals surface area contributed by atoms with E-state index in [2.05, 4.69) is 12.6 Å². The van der Waals surface area contributed by atoms with Crippen LogP contribution in [0.3, 0.4) is 0 Å². The van der Waals surface area contributed by atoms with Gasteiger partial charge in [0, 0.05) is 11.7 Å². The SMILES string of the molecule is CCOC(=O)C1=CC2(CC[C@H]1S)O[C@@H](CO)[C@H](CO)O2. The second-order valence-corrected chi connectivity index (χ2v) is 5.49. The third-order valence-corrected chi connectivity index (χ3v) is 4.02. The Labute approximate surface area is 123 Å². The van der Waals surface area contributed by atoms with E-state index in [9.17, 15) is 15.0 Å². The van der Waals surface area contributed by atoms with Crippen LogP contribution in [0.5, 0.6) is 0 Å². The van der Waals surface area contributed by atoms with E-state index in [1.165, 1.54) is 0 Å². The molecule has 0 radical (unpaired) electrons. The molecular formula is C13H20O6S. The van der Waals surface area contributed by atoms with Gasteiger partial charge in [-0.25, -0.2) is 4.79 Å². The number of aliphatic hydroxyl groups is 2. The number of aliphatic hydroxyl groups excluding tert-OH is 2. The minimum Gasteiger partial charge on any atom is -0.463 e. The van der Waals surface area contributed by atoms with Gasteiger partial charge in [-0.2, -0.15) is 12.6 Å². The van der Waals surface area contributed by atoms with E-state index in [4.69, 9.17) is 14.2 Å². The largest absolute Gasteiger partial charge is 0.463 e. The molecule has 2 rings (SSSR count). The highest BCUT2D eigenvalue weighted by atomic mass is 32.1. The standard InChI is InChI=1S/C13H20O6S/c1-2-17-12(16)8-5-13(4-3-11(8)20)18-9(6-14)10(7-15)19-13/h5,9-11,14-15,20H,2-4,6-7H2,1H3/t9-,10-,11+/m0/s1. The number of carbonyl (C=O) groups is 1. The van der Waals surface area contributed by atoms with E-state index < -0.39 is 24.0 Å². The summed E-state index contributed by atoms with van der Waals surface area (Å²) in [6, 6.07) is 0. The summed E-state index contributed by atoms with van der Waals surface area (Å²) in [6.45, 7) is 1.51. The van der Waals surface area contributed by atoms with Crippen LogP contribution in [-0.4, -0.2) is 59.2 Å². The van der Waals surface area contributed by atoms with Gasteiger partial charge in [-0.15, -0.1) is 0 Å². The highest BCUT2D eigenvalue weighted by molar-refractivity contribution is 7.81. The fourth-order valence-corrected chi connectivity index (χ4v) is 2.80. The van der Waals surface area contributed by atoms with E-state index in [1.54, 1.807) is 13.0 Å². The van der Waals surface area contributed by atoms with Gasteiger partial charge in [0.2, 0.25) is 0 Å². The van der Waals surface area contributed by atoms with Gasteiger partial charge in [0.15, 0.2) is 5.79 Å². The van der Waals surface area contributed by atoms with E-state index in [-0.39, 0.29) is 25.1 Å². The molecule has 20 heavy (non-hydrogen) atoms. The maximum Gasteiger partial charge on any atom is 0.335 e. The Hall–Kier alpha value is -0.600. The Morgan fingerprint density at radius 1 is 1.45 bits per heavy atom. The van der Waals surface area contributed by atoms with Gasteiger partial charge in [0.25, 0.3) is 0 Å². The molecule has 0 aromatic rings. The van der Waals surface area contributed by atoms with Crippen molar-refractivity contribution in [1.29, 1.82) is 0 Å². The summed E-state index contributed by atoms with van der Waals surface area (Å²) in [5.41, 5.74) is 0.400. The summed E-state index contributed by atoms with van der Waals surface area (Å²) in [7, 11) is 0. The summed E-state index contributed by atoms with van der Waals surface area (Å²) in [6.07, 6.45) is 1.47. The first-order valence-electron chi connectivity index (χ1n) is 6.70. The van der Waals surface area contributed by atoms with Crippen molar-refractivity contribution >= 4 is 18.6 Å². The molecule has 0 saturated carbocycles. The molecule has 1 fully saturated rings. The van der Waals surface area contributed by atoms with Crippen molar-refractivity contribution in [3.8, 4) is 0 Å². The van der Waals surface area contributed by atoms with E-state index >= 15 is 0 Å². The molecule has 114 valence electrons. The van der Waals surface area contributed by atoms with Crippen molar-refractivity contribution in [2.75, 3.05) is 19.8 Å². The lowest BCUT2D eigenvalue weighted by atomic mass is 9.94. The van der Waals surface area contributed by atoms with Crippen LogP contribution in [0.2, 0.25) is 0 Å². The molecule has 0 amide bonds. The lowest BCUT2D eigenvalue weighted by molar-refractivity contribution is -0.154. The van der Waals surface area contributed by atoms with Gasteiger partial charge >= 0.3 is 5.97 Å². The first-order valence-corrected chi connectivity index (χ1v) is 7.22. The molecular weight excluding hydrogens is 284 g/mol. The highest BCUT2D eigenvalue weighted by Crippen LogP contribution is 2.40. The third kappa shape index (κ3) is 3.01. The van der Waals surface area contributed by atoms with Crippen molar-refractivity contribution in [3.05, 3.63) is 11.6 Å². The molecule has 2 N–H and O–H groups in total. The normalized spacial score (nSPS) is 32.2. The molecule has 1 saturated heterocycles. The van der Waals surface area contributed by atoms with Crippen LogP contribution in [0.1, 0.15) is 19.8 Å². The second-order valence-electron chi connectivity index (χ2n) is 4.86. The Bertz CT molecular complexity index is 384. The van der Waals surface area contributed by atoms with E-state index in [1.807, 2.05) is 0 Å². The molecule has 1 aliphatic heterocycles. The van der Waals surface area contributed by atoms with Crippen LogP contribution < -0.4 is 0 Å². The molecule has 1 aliphatic carbocycles. The zero-order chi connectivity index (χ0) is 14.8. The van der Waals surface area contributed by atoms with Crippen molar-refractivity contribution in [1.82, 2.24) is 0 Å². The summed E-state index contributed by atoms with van der Waals surface area (Å²) in [4.78, 5) is 11.9. The smallest absolute Gasteiger partial charge is 0.335 e. The van der Waals surface area contributed by atoms with Crippen LogP contribution in [0.4, 0.5) is 0 Å². The minimum absolute atomic E-state index is 0.229. The van der Waals surface area contributed by atoms with Gasteiger partial charge in [0.05, 0.1) is 25.4 Å². The predicted octanol–water partition coefficient (Wildman–Crippen LogP) is 0.0330. The van der Waals surface area contributed by atoms with Crippen LogP contribution in [0.25, 0.3) is 0 Å². The van der Waals surface area contributed by atoms with Gasteiger partial charge in [-0.3, -0.25) is 0 Å². The van der Waals surface area contributed by atoms with Crippen LogP contribution in [0, 0.1) is 0 Å². The quantitative estimate of drug-likeness (QED) is 0.502. The lowest BCUT2D eigenvalue weighted by Crippen LogP contribution is -2.37. The summed E-state index contributed by atoms with van der Waals surface area (Å²) in [5, 5.41) is 18.3. The molecule has 6 nitrogen and oxygen atoms in total. The van der Waals surface area contributed by atoms with Crippen LogP contribution in [-0.2, 0) is 19.0 Å². The molecule has 7 heteroatoms. The number of esters is 1. The lowest BCUT2D eigenvalue weighted by Gasteiger charge is -2.32. The average Bonchev–Trinajstić information content (AvgIpc) is 2.80. The topological polar surface area (TPSA) is 85.2 Å². The average molecular weight is 304 g/mol. The van der Waals surface area contributed by atoms with Gasteiger partial charge in [-0.1, -0.05) is 0 Å². The molecule has 0 aromatic heterocycles. The second kappa shape index (κ2) is 6.44. The van der Waals surface area contributed by atoms with Crippen molar-refractivity contribution in [2.45, 2.75) is 43.0 Å². The molecule has 0 aromatic carbocycles. The predicted molar refractivity (Wildman–Crippen MR) is 73.4 cm³/mol. The number of hydrogen-bond donors (Lipinski definition) is 3. The minimum atomic E-state index is -1.08. The van der Waals surface area contributed by atoms with Crippen LogP contribution >= 0.6 is 12.6 Å². The highest BCUT2D eigenvalue weighted by Gasteiger charge is 2.48. The zero-order valence-electron chi connectivity index (χ0n) is 11.3. The third-order valence-electron chi connectivity index (χ3n) is 3.49. The van der Waals surface area contributed by atoms with E-state index in [0.717, 1.165) is 0 Å². The van der Waals surface area contributed by atoms with Crippen molar-refractivity contribution in [2.24, 2.45) is 0 Å². The maximum atomic E-state index is 11.9. The Kier molecular flexibility index (Phi) is 5.09. The Morgan fingerprint density at radius 3 is 2.55 bits per heavy atom. The maximum absolute atomic E-state index is 11.9. The molecule has 3 atom stereocenters. The Balaban J connectivity index is 2.22. The van der Waals surface area contributed by atoms with Crippen molar-refractivity contribution < 1.29 is 29.2 Å². The molecule has 0 unspecified atom stereocenters. The summed E-state index contributed by atoms with van der Waals surface area (Å²) < 4.78 is 16.4. The van der Waals surface area contributed by atoms with Gasteiger partial charge < -0.3 is 24.4 Å². The fraction of sp³-hybridized carbons (Fsp3) is 0.769. The summed E-state index contributed by atoms with van der Waals surface area (Å²) in [5.74, 6) is -1.52. The molecule has 0 bridgehead atoms. The summed E-state index contributed by atoms with van der Waals surface area (Å²) >= 11 is 4.38. The number of rotatable bonds is 4. The van der Waals surface area contributed by atoms with Gasteiger partial charge in [-0.05, 0) is 19.4 Å². The molecule has 1 spiro atoms. The molecule has 2 aliphatic rings. The number of carbonyl (C=O) groups excluding carboxylic acids is 1. The Morgan fingerprint density at radius 2 is 2.05 bits per heavy atom. The first kappa shape index (κ1) is 15.8. The monoisotopic (exact) mass is 304 g/mol. The van der Waals surface area contributed by atoms with E-state index in [0.29, 0.717) is 18.4 Å². The molecule has 1 heterocycles. The first-order chi connectivity index (χ1) is 9.55. The van der Waals surface area contributed by atoms with Crippen molar-refractivity contribution in [3.63, 3.8) is 0 Å². The zero-order valence-corrected chi connectivity index (χ0v) is 12.2. The number of hydrogen-bond acceptors (Lipinski definition) is 7. The fourth-order valence-electron chi connectivity index (χ4n) is 2.50. The van der Waals surface area contributed by atoms with Crippen LogP contribution in [0.15, 0.2) is 11.6 Å². The number of ether oxygens (including phenoxy) is 3.